The predicted octanol–water partition coefficient (Wildman–Crippen LogP) is 4.88. The summed E-state index contributed by atoms with van der Waals surface area (Å²) in [4.78, 5) is 17.4. The van der Waals surface area contributed by atoms with E-state index >= 15 is 0 Å². The molecule has 0 amide bonds. The van der Waals surface area contributed by atoms with Crippen LogP contribution >= 0.6 is 0 Å². The van der Waals surface area contributed by atoms with Gasteiger partial charge in [-0.2, -0.15) is 0 Å². The number of hydrogen-bond acceptors (Lipinski definition) is 6. The molecule has 4 aromatic rings. The molecule has 4 N–H and O–H groups in total. The first-order chi connectivity index (χ1) is 15.8. The number of aryl methyl sites for hydroxylation is 1. The molecular weight excluding hydrogens is 423 g/mol. The van der Waals surface area contributed by atoms with Crippen LogP contribution in [0.3, 0.4) is 0 Å². The molecule has 8 heteroatoms. The largest absolute Gasteiger partial charge is 0.455 e. The van der Waals surface area contributed by atoms with Crippen LogP contribution in [-0.4, -0.2) is 16.0 Å². The molecule has 0 saturated heterocycles. The highest BCUT2D eigenvalue weighted by Gasteiger charge is 2.21. The Morgan fingerprint density at radius 1 is 1.21 bits per heavy atom. The maximum absolute atomic E-state index is 14.5. The van der Waals surface area contributed by atoms with E-state index in [0.717, 1.165) is 5.56 Å². The van der Waals surface area contributed by atoms with Crippen LogP contribution in [-0.2, 0) is 0 Å². The van der Waals surface area contributed by atoms with E-state index in [1.54, 1.807) is 43.3 Å². The summed E-state index contributed by atoms with van der Waals surface area (Å²) < 4.78 is 20.7. The first-order valence-electron chi connectivity index (χ1n) is 10.3. The summed E-state index contributed by atoms with van der Waals surface area (Å²) in [6.07, 6.45) is 1.54. The lowest BCUT2D eigenvalue weighted by molar-refractivity contribution is 0.318. The van der Waals surface area contributed by atoms with Gasteiger partial charge < -0.3 is 20.7 Å². The normalized spacial score (nSPS) is 12.7. The van der Waals surface area contributed by atoms with E-state index in [4.69, 9.17) is 15.4 Å². The van der Waals surface area contributed by atoms with Crippen LogP contribution in [0.5, 0.6) is 0 Å². The van der Waals surface area contributed by atoms with Crippen LogP contribution in [0.2, 0.25) is 0 Å². The Morgan fingerprint density at radius 2 is 1.97 bits per heavy atom. The van der Waals surface area contributed by atoms with Crippen LogP contribution in [0.25, 0.3) is 22.3 Å². The Bertz CT molecular complexity index is 1450. The second-order valence-corrected chi connectivity index (χ2v) is 7.85. The highest BCUT2D eigenvalue weighted by molar-refractivity contribution is 6.00. The molecule has 0 aliphatic heterocycles. The van der Waals surface area contributed by atoms with E-state index < -0.39 is 5.82 Å². The van der Waals surface area contributed by atoms with Crippen molar-refractivity contribution in [1.29, 1.82) is 0 Å². The highest BCUT2D eigenvalue weighted by atomic mass is 19.1. The number of aromatic nitrogens is 1. The maximum Gasteiger partial charge on any atom is 0.196 e. The zero-order valence-electron chi connectivity index (χ0n) is 18.4. The lowest BCUT2D eigenvalue weighted by Crippen LogP contribution is -2.19. The number of fused-ring (bicyclic) bond motifs is 1. The fourth-order valence-electron chi connectivity index (χ4n) is 3.88. The highest BCUT2D eigenvalue weighted by Crippen LogP contribution is 2.33. The van der Waals surface area contributed by atoms with Crippen LogP contribution in [0.1, 0.15) is 35.3 Å². The minimum atomic E-state index is -0.471. The quantitative estimate of drug-likeness (QED) is 0.174. The maximum atomic E-state index is 14.5. The Hall–Kier alpha value is -4.20. The number of amidine groups is 1. The molecule has 0 bridgehead atoms. The Balaban J connectivity index is 1.90. The van der Waals surface area contributed by atoms with Crippen LogP contribution in [0.15, 0.2) is 69.1 Å². The molecule has 0 saturated carbocycles. The lowest BCUT2D eigenvalue weighted by Gasteiger charge is -2.20. The van der Waals surface area contributed by atoms with Gasteiger partial charge in [-0.15, -0.1) is 0 Å². The summed E-state index contributed by atoms with van der Waals surface area (Å²) in [6.45, 7) is 5.41. The monoisotopic (exact) mass is 446 g/mol. The number of halogens is 1. The fourth-order valence-corrected chi connectivity index (χ4v) is 3.88. The molecule has 1 unspecified atom stereocenters. The van der Waals surface area contributed by atoms with Crippen LogP contribution in [0, 0.1) is 19.7 Å². The molecule has 2 aromatic heterocycles. The van der Waals surface area contributed by atoms with Crippen molar-refractivity contribution in [1.82, 2.24) is 4.98 Å². The molecule has 2 aromatic carbocycles. The van der Waals surface area contributed by atoms with Crippen molar-refractivity contribution in [3.8, 4) is 11.3 Å². The average Bonchev–Trinajstić information content (AvgIpc) is 2.81. The average molecular weight is 446 g/mol. The lowest BCUT2D eigenvalue weighted by atomic mass is 9.98. The number of nitrogens with one attached hydrogen (secondary N) is 1. The van der Waals surface area contributed by atoms with E-state index in [0.29, 0.717) is 27.8 Å². The molecule has 7 nitrogen and oxygen atoms in total. The zero-order chi connectivity index (χ0) is 23.7. The first kappa shape index (κ1) is 22.0. The minimum absolute atomic E-state index is 0.136. The van der Waals surface area contributed by atoms with Gasteiger partial charge in [0.05, 0.1) is 22.7 Å². The summed E-state index contributed by atoms with van der Waals surface area (Å²) in [5.41, 5.74) is 8.88. The Kier molecular flexibility index (Phi) is 5.83. The summed E-state index contributed by atoms with van der Waals surface area (Å²) in [5.74, 6) is -0.410. The van der Waals surface area contributed by atoms with Gasteiger partial charge in [0.1, 0.15) is 22.9 Å². The van der Waals surface area contributed by atoms with Crippen molar-refractivity contribution in [2.45, 2.75) is 26.8 Å². The van der Waals surface area contributed by atoms with Gasteiger partial charge in [0.25, 0.3) is 0 Å². The fraction of sp³-hybridized carbons (Fsp3) is 0.160. The molecule has 1 atom stereocenters. The third kappa shape index (κ3) is 4.03. The second-order valence-electron chi connectivity index (χ2n) is 7.85. The van der Waals surface area contributed by atoms with E-state index in [9.17, 15) is 9.18 Å². The second kappa shape index (κ2) is 8.74. The number of oxime groups is 1. The van der Waals surface area contributed by atoms with Gasteiger partial charge in [-0.3, -0.25) is 9.78 Å². The molecule has 0 spiro atoms. The van der Waals surface area contributed by atoms with E-state index in [1.807, 2.05) is 19.9 Å². The predicted molar refractivity (Wildman–Crippen MR) is 126 cm³/mol. The molecule has 0 fully saturated rings. The third-order valence-electron chi connectivity index (χ3n) is 5.51. The zero-order valence-corrected chi connectivity index (χ0v) is 18.4. The number of hydrogen-bond donors (Lipinski definition) is 3. The van der Waals surface area contributed by atoms with Crippen molar-refractivity contribution in [2.75, 3.05) is 5.32 Å². The molecule has 2 heterocycles. The Labute approximate surface area is 189 Å². The standard InChI is InChI=1S/C25H23FN4O3/c1-13-11-17(15(3)29-20-9-6-10-28-21(20)25(27)30-32)24-18(12-13)22(31)14(2)23(33-24)16-7-4-5-8-19(16)26/h4-12,15,29,32H,1-3H3,(H2,27,30). The van der Waals surface area contributed by atoms with E-state index in [-0.39, 0.29) is 34.3 Å². The molecule has 4 rings (SSSR count). The number of pyridine rings is 1. The molecule has 0 aliphatic rings. The Morgan fingerprint density at radius 3 is 2.70 bits per heavy atom. The van der Waals surface area contributed by atoms with Crippen molar-refractivity contribution in [3.63, 3.8) is 0 Å². The van der Waals surface area contributed by atoms with Crippen molar-refractivity contribution in [3.05, 3.63) is 93.2 Å². The summed E-state index contributed by atoms with van der Waals surface area (Å²) >= 11 is 0. The van der Waals surface area contributed by atoms with Gasteiger partial charge in [0, 0.05) is 17.3 Å². The van der Waals surface area contributed by atoms with Crippen molar-refractivity contribution in [2.24, 2.45) is 10.9 Å². The summed E-state index contributed by atoms with van der Waals surface area (Å²) in [5, 5.41) is 15.8. The number of rotatable bonds is 5. The topological polar surface area (TPSA) is 114 Å². The summed E-state index contributed by atoms with van der Waals surface area (Å²) in [7, 11) is 0. The van der Waals surface area contributed by atoms with Crippen molar-refractivity contribution < 1.29 is 14.0 Å². The van der Waals surface area contributed by atoms with Gasteiger partial charge in [-0.1, -0.05) is 23.4 Å². The van der Waals surface area contributed by atoms with Gasteiger partial charge in [-0.25, -0.2) is 4.39 Å². The van der Waals surface area contributed by atoms with Gasteiger partial charge in [0.15, 0.2) is 11.3 Å². The van der Waals surface area contributed by atoms with Gasteiger partial charge >= 0.3 is 0 Å². The smallest absolute Gasteiger partial charge is 0.196 e. The summed E-state index contributed by atoms with van der Waals surface area (Å²) in [6, 6.07) is 13.0. The van der Waals surface area contributed by atoms with Gasteiger partial charge in [-0.05, 0) is 56.7 Å². The third-order valence-corrected chi connectivity index (χ3v) is 5.51. The number of anilines is 1. The first-order valence-corrected chi connectivity index (χ1v) is 10.3. The SMILES string of the molecule is Cc1cc(C(C)Nc2cccnc2C(N)=NO)c2oc(-c3ccccc3F)c(C)c(=O)c2c1. The van der Waals surface area contributed by atoms with Gasteiger partial charge in [0.2, 0.25) is 0 Å². The van der Waals surface area contributed by atoms with Crippen molar-refractivity contribution >= 4 is 22.5 Å². The van der Waals surface area contributed by atoms with E-state index in [2.05, 4.69) is 15.5 Å². The molecule has 168 valence electrons. The molecule has 0 radical (unpaired) electrons. The molecular formula is C25H23FN4O3. The van der Waals surface area contributed by atoms with Crippen LogP contribution < -0.4 is 16.5 Å². The van der Waals surface area contributed by atoms with E-state index in [1.165, 1.54) is 12.3 Å². The number of nitrogens with zero attached hydrogens (tertiary/aromatic N) is 2. The van der Waals surface area contributed by atoms with Crippen LogP contribution in [0.4, 0.5) is 10.1 Å². The minimum Gasteiger partial charge on any atom is -0.455 e. The number of nitrogens with two attached hydrogens (primary N) is 1. The molecule has 0 aliphatic carbocycles. The molecule has 33 heavy (non-hydrogen) atoms. The number of benzene rings is 2.